The van der Waals surface area contributed by atoms with E-state index in [9.17, 15) is 4.39 Å². The van der Waals surface area contributed by atoms with E-state index < -0.39 is 5.82 Å². The van der Waals surface area contributed by atoms with Crippen LogP contribution in [0.2, 0.25) is 0 Å². The van der Waals surface area contributed by atoms with Crippen LogP contribution in [0.5, 0.6) is 0 Å². The normalized spacial score (nSPS) is 12.6. The number of benzene rings is 2. The van der Waals surface area contributed by atoms with Gasteiger partial charge >= 0.3 is 0 Å². The maximum Gasteiger partial charge on any atom is 0.178 e. The maximum atomic E-state index is 15.1. The van der Waals surface area contributed by atoms with Crippen LogP contribution in [0.1, 0.15) is 44.6 Å². The fourth-order valence-electron chi connectivity index (χ4n) is 4.09. The van der Waals surface area contributed by atoms with Crippen molar-refractivity contribution in [3.63, 3.8) is 0 Å². The lowest BCUT2D eigenvalue weighted by Crippen LogP contribution is -2.22. The molecule has 0 fully saturated rings. The second-order valence-electron chi connectivity index (χ2n) is 10.4. The van der Waals surface area contributed by atoms with E-state index in [4.69, 9.17) is 5.73 Å². The second kappa shape index (κ2) is 11.1. The Morgan fingerprint density at radius 2 is 1.85 bits per heavy atom. The first-order valence-electron chi connectivity index (χ1n) is 12.6. The molecule has 0 saturated heterocycles. The molecular formula is C32H33F2N5. The molecule has 4 N–H and O–H groups in total. The lowest BCUT2D eigenvalue weighted by atomic mass is 9.92. The van der Waals surface area contributed by atoms with Gasteiger partial charge in [-0.05, 0) is 71.7 Å². The van der Waals surface area contributed by atoms with Crippen molar-refractivity contribution in [3.05, 3.63) is 120 Å². The minimum absolute atomic E-state index is 0.0635. The highest BCUT2D eigenvalue weighted by Crippen LogP contribution is 2.30. The molecule has 39 heavy (non-hydrogen) atoms. The smallest absolute Gasteiger partial charge is 0.178 e. The fraction of sp³-hybridized carbons (Fsp3) is 0.188. The van der Waals surface area contributed by atoms with Crippen LogP contribution in [-0.4, -0.2) is 15.0 Å². The van der Waals surface area contributed by atoms with E-state index in [1.807, 2.05) is 31.2 Å². The van der Waals surface area contributed by atoms with Crippen molar-refractivity contribution < 1.29 is 8.78 Å². The third-order valence-corrected chi connectivity index (χ3v) is 6.55. The highest BCUT2D eigenvalue weighted by Gasteiger charge is 2.17. The van der Waals surface area contributed by atoms with Gasteiger partial charge < -0.3 is 16.0 Å². The lowest BCUT2D eigenvalue weighted by molar-refractivity contribution is 0.478. The van der Waals surface area contributed by atoms with Gasteiger partial charge in [0.15, 0.2) is 5.65 Å². The van der Waals surface area contributed by atoms with Gasteiger partial charge in [-0.1, -0.05) is 52.1 Å². The van der Waals surface area contributed by atoms with Crippen molar-refractivity contribution in [2.45, 2.75) is 34.1 Å². The zero-order chi connectivity index (χ0) is 28.3. The number of hydrogen-bond acceptors (Lipinski definition) is 4. The average molecular weight is 526 g/mol. The number of aromatic amines is 1. The third-order valence-electron chi connectivity index (χ3n) is 6.55. The number of hydrogen-bond donors (Lipinski definition) is 3. The summed E-state index contributed by atoms with van der Waals surface area (Å²) in [4.78, 5) is 12.3. The van der Waals surface area contributed by atoms with Gasteiger partial charge in [0.25, 0.3) is 0 Å². The zero-order valence-corrected chi connectivity index (χ0v) is 22.7. The summed E-state index contributed by atoms with van der Waals surface area (Å²) in [7, 11) is 0. The summed E-state index contributed by atoms with van der Waals surface area (Å²) in [6, 6.07) is 11.4. The molecule has 0 spiro atoms. The van der Waals surface area contributed by atoms with E-state index in [1.165, 1.54) is 18.2 Å². The van der Waals surface area contributed by atoms with E-state index in [-0.39, 0.29) is 23.3 Å². The zero-order valence-electron chi connectivity index (χ0n) is 22.7. The van der Waals surface area contributed by atoms with Crippen LogP contribution in [0.3, 0.4) is 0 Å². The van der Waals surface area contributed by atoms with Crippen LogP contribution < -0.4 is 11.1 Å². The summed E-state index contributed by atoms with van der Waals surface area (Å²) in [5.74, 6) is -0.233. The Balaban J connectivity index is 1.68. The van der Waals surface area contributed by atoms with Crippen molar-refractivity contribution in [2.75, 3.05) is 5.73 Å². The monoisotopic (exact) mass is 525 g/mol. The van der Waals surface area contributed by atoms with Crippen molar-refractivity contribution in [1.29, 1.82) is 0 Å². The van der Waals surface area contributed by atoms with Crippen molar-refractivity contribution in [1.82, 2.24) is 20.3 Å². The number of nitrogens with zero attached hydrogens (tertiary/aromatic N) is 2. The summed E-state index contributed by atoms with van der Waals surface area (Å²) in [5, 5.41) is 3.30. The average Bonchev–Trinajstić information content (AvgIpc) is 3.31. The van der Waals surface area contributed by atoms with Gasteiger partial charge in [0.1, 0.15) is 17.5 Å². The molecular weight excluding hydrogens is 492 g/mol. The molecule has 0 aliphatic rings. The molecule has 5 nitrogen and oxygen atoms in total. The lowest BCUT2D eigenvalue weighted by Gasteiger charge is -2.24. The number of halogens is 2. The molecule has 4 aromatic rings. The number of aromatic nitrogens is 3. The molecule has 0 aliphatic carbocycles. The number of anilines is 1. The molecule has 0 atom stereocenters. The number of nitrogens with one attached hydrogen (secondary N) is 2. The molecule has 7 heteroatoms. The number of pyridine rings is 1. The predicted octanol–water partition coefficient (Wildman–Crippen LogP) is 7.70. The van der Waals surface area contributed by atoms with Gasteiger partial charge in [0, 0.05) is 35.0 Å². The fourth-order valence-corrected chi connectivity index (χ4v) is 4.09. The van der Waals surface area contributed by atoms with E-state index in [1.54, 1.807) is 24.4 Å². The standard InChI is InChI=1S/C32H33F2N5/c1-7-20(16-25(8-2)37-19(3)32(4,5)6)22-15-23(29(35)27(34)17-22)18-28-38-30-26(13-14-36-31(30)39-28)21-9-11-24(33)12-10-21/h7-17,37H,2-3,18,35H2,1,4-6H3,(H,36,38,39)/b20-7+,25-16+. The topological polar surface area (TPSA) is 79.6 Å². The van der Waals surface area contributed by atoms with Gasteiger partial charge in [-0.2, -0.15) is 0 Å². The maximum absolute atomic E-state index is 15.1. The minimum atomic E-state index is -0.510. The van der Waals surface area contributed by atoms with Crippen molar-refractivity contribution in [2.24, 2.45) is 5.41 Å². The minimum Gasteiger partial charge on any atom is -0.396 e. The van der Waals surface area contributed by atoms with Gasteiger partial charge in [-0.3, -0.25) is 0 Å². The Hall–Kier alpha value is -4.52. The molecule has 0 radical (unpaired) electrons. The summed E-state index contributed by atoms with van der Waals surface area (Å²) in [6.45, 7) is 16.1. The number of rotatable bonds is 8. The highest BCUT2D eigenvalue weighted by molar-refractivity contribution is 5.89. The Morgan fingerprint density at radius 1 is 1.13 bits per heavy atom. The molecule has 0 unspecified atom stereocenters. The quantitative estimate of drug-likeness (QED) is 0.163. The number of allylic oxidation sites excluding steroid dienone is 5. The highest BCUT2D eigenvalue weighted by atomic mass is 19.1. The number of nitrogens with two attached hydrogens (primary N) is 1. The Kier molecular flexibility index (Phi) is 7.81. The number of H-pyrrole nitrogens is 1. The van der Waals surface area contributed by atoms with Gasteiger partial charge in [0.2, 0.25) is 0 Å². The van der Waals surface area contributed by atoms with Crippen LogP contribution in [-0.2, 0) is 6.42 Å². The SMILES string of the molecule is C=C/C(=C\C(=C/C)c1cc(F)c(N)c(Cc2nc3nccc(-c4ccc(F)cc4)c3[nH]2)c1)NC(=C)C(C)(C)C. The summed E-state index contributed by atoms with van der Waals surface area (Å²) in [5.41, 5.74) is 12.6. The molecule has 0 bridgehead atoms. The van der Waals surface area contributed by atoms with Crippen LogP contribution in [0.4, 0.5) is 14.5 Å². The molecule has 0 amide bonds. The molecule has 200 valence electrons. The first kappa shape index (κ1) is 27.5. The van der Waals surface area contributed by atoms with Gasteiger partial charge in [-0.25, -0.2) is 18.7 Å². The second-order valence-corrected chi connectivity index (χ2v) is 10.4. The van der Waals surface area contributed by atoms with Crippen LogP contribution in [0.25, 0.3) is 27.9 Å². The van der Waals surface area contributed by atoms with Crippen LogP contribution in [0.15, 0.2) is 91.4 Å². The largest absolute Gasteiger partial charge is 0.396 e. The molecule has 0 saturated carbocycles. The first-order chi connectivity index (χ1) is 18.5. The first-order valence-corrected chi connectivity index (χ1v) is 12.6. The summed E-state index contributed by atoms with van der Waals surface area (Å²) in [6.07, 6.45) is 7.43. The van der Waals surface area contributed by atoms with E-state index in [0.717, 1.165) is 28.1 Å². The Labute approximate surface area is 227 Å². The van der Waals surface area contributed by atoms with Crippen LogP contribution in [0, 0.1) is 17.0 Å². The van der Waals surface area contributed by atoms with Crippen molar-refractivity contribution >= 4 is 22.4 Å². The molecule has 2 aromatic heterocycles. The number of imidazole rings is 1. The Bertz CT molecular complexity index is 1600. The van der Waals surface area contributed by atoms with Crippen LogP contribution >= 0.6 is 0 Å². The Morgan fingerprint density at radius 3 is 2.49 bits per heavy atom. The summed E-state index contributed by atoms with van der Waals surface area (Å²) < 4.78 is 28.5. The summed E-state index contributed by atoms with van der Waals surface area (Å²) >= 11 is 0. The molecule has 0 aliphatic heterocycles. The molecule has 4 rings (SSSR count). The third kappa shape index (κ3) is 6.14. The van der Waals surface area contributed by atoms with E-state index >= 15 is 4.39 Å². The predicted molar refractivity (Wildman–Crippen MR) is 157 cm³/mol. The number of fused-ring (bicyclic) bond motifs is 1. The van der Waals surface area contributed by atoms with E-state index in [0.29, 0.717) is 28.1 Å². The number of nitrogen functional groups attached to an aromatic ring is 1. The van der Waals surface area contributed by atoms with Gasteiger partial charge in [-0.15, -0.1) is 0 Å². The molecule has 2 heterocycles. The van der Waals surface area contributed by atoms with Crippen molar-refractivity contribution in [3.8, 4) is 11.1 Å². The van der Waals surface area contributed by atoms with Gasteiger partial charge in [0.05, 0.1) is 11.2 Å². The molecule has 2 aromatic carbocycles. The van der Waals surface area contributed by atoms with E-state index in [2.05, 4.69) is 54.2 Å².